The van der Waals surface area contributed by atoms with Crippen LogP contribution in [0.4, 0.5) is 10.9 Å². The van der Waals surface area contributed by atoms with E-state index >= 15 is 0 Å². The van der Waals surface area contributed by atoms with Crippen molar-refractivity contribution in [1.29, 1.82) is 0 Å². The number of amides is 1. The fraction of sp³-hybridized carbons (Fsp3) is 0.0833. The van der Waals surface area contributed by atoms with Crippen molar-refractivity contribution in [2.75, 3.05) is 11.1 Å². The number of hydrogen-bond acceptors (Lipinski definition) is 11. The van der Waals surface area contributed by atoms with E-state index in [1.165, 1.54) is 23.1 Å². The van der Waals surface area contributed by atoms with Gasteiger partial charge in [0.05, 0.1) is 17.2 Å². The molecular formula is C36H28Cl2N8O3S2. The van der Waals surface area contributed by atoms with Gasteiger partial charge < -0.3 is 20.7 Å². The van der Waals surface area contributed by atoms with Crippen molar-refractivity contribution in [2.45, 2.75) is 13.1 Å². The van der Waals surface area contributed by atoms with Gasteiger partial charge in [-0.1, -0.05) is 82.7 Å². The molecule has 0 aliphatic carbocycles. The van der Waals surface area contributed by atoms with E-state index in [2.05, 4.69) is 40.6 Å². The zero-order chi connectivity index (χ0) is 35.6. The molecule has 2 aromatic carbocycles. The average Bonchev–Trinajstić information content (AvgIpc) is 3.95. The van der Waals surface area contributed by atoms with E-state index in [4.69, 9.17) is 23.2 Å². The molecular weight excluding hydrogens is 727 g/mol. The normalized spacial score (nSPS) is 14.4. The van der Waals surface area contributed by atoms with Gasteiger partial charge >= 0.3 is 0 Å². The monoisotopic (exact) mass is 754 g/mol. The fourth-order valence-electron chi connectivity index (χ4n) is 4.76. The number of pyridine rings is 2. The number of H-pyrrole nitrogens is 1. The van der Waals surface area contributed by atoms with Crippen molar-refractivity contribution in [3.63, 3.8) is 0 Å². The number of amidine groups is 1. The van der Waals surface area contributed by atoms with E-state index in [1.54, 1.807) is 24.8 Å². The Balaban J connectivity index is 0.000000146. The molecule has 8 rings (SSSR count). The highest BCUT2D eigenvalue weighted by molar-refractivity contribution is 8.15. The molecule has 1 amide bonds. The molecule has 0 bridgehead atoms. The Labute approximate surface area is 310 Å². The summed E-state index contributed by atoms with van der Waals surface area (Å²) in [4.78, 5) is 45.8. The maximum Gasteiger partial charge on any atom is 0.236 e. The number of thiazole rings is 1. The van der Waals surface area contributed by atoms with Crippen LogP contribution in [0.15, 0.2) is 101 Å². The summed E-state index contributed by atoms with van der Waals surface area (Å²) in [5.74, 6) is 1.15. The number of carbonyl (C=O) groups is 2. The molecule has 256 valence electrons. The van der Waals surface area contributed by atoms with Gasteiger partial charge in [0.1, 0.15) is 5.65 Å². The van der Waals surface area contributed by atoms with Gasteiger partial charge in [-0.25, -0.2) is 15.0 Å². The highest BCUT2D eigenvalue weighted by Crippen LogP contribution is 2.35. The van der Waals surface area contributed by atoms with Crippen LogP contribution in [0.2, 0.25) is 10.0 Å². The topological polar surface area (TPSA) is 158 Å². The van der Waals surface area contributed by atoms with Crippen LogP contribution < -0.4 is 10.6 Å². The van der Waals surface area contributed by atoms with E-state index in [9.17, 15) is 14.7 Å². The number of aromatic amines is 1. The number of aliphatic imine (C=N–C) groups is 2. The van der Waals surface area contributed by atoms with Gasteiger partial charge in [0.2, 0.25) is 11.8 Å². The number of thioether (sulfide) groups is 1. The quantitative estimate of drug-likeness (QED) is 0.119. The standard InChI is InChI=1S/C18H13ClN4OS.C10H9ClN2OS.C8H6N2O/c19-14-6-2-1-4-11(14)9-22-18-23-17(24)15(25-18)8-12-10-21-16-13(12)5-3-7-20-16;11-8-4-2-1-3-7(8)5-12-10-13-9(14)6-15-10;11-5-6-4-10-8-7(6)2-1-3-9-8/h1-8,10,24H,9H2,(H,22,23);1-4H,5-6H2,(H,12,13,14);1-5H,(H,9,10). The Morgan fingerprint density at radius 2 is 1.71 bits per heavy atom. The molecule has 0 spiro atoms. The lowest BCUT2D eigenvalue weighted by molar-refractivity contribution is -0.116. The number of aromatic nitrogens is 4. The Morgan fingerprint density at radius 3 is 2.45 bits per heavy atom. The van der Waals surface area contributed by atoms with Crippen LogP contribution in [-0.2, 0) is 17.9 Å². The number of carbonyl (C=O) groups excluding carboxylic acids is 2. The molecule has 6 aromatic rings. The number of allylic oxidation sites excluding steroid dienone is 1. The van der Waals surface area contributed by atoms with Crippen LogP contribution in [-0.4, -0.2) is 54.4 Å². The Hall–Kier alpha value is -5.34. The number of halogens is 2. The maximum atomic E-state index is 10.9. The third-order valence-electron chi connectivity index (χ3n) is 7.28. The highest BCUT2D eigenvalue weighted by Gasteiger charge is 2.17. The number of aromatic hydroxyl groups is 1. The third-order valence-corrected chi connectivity index (χ3v) is 9.88. The van der Waals surface area contributed by atoms with Gasteiger partial charge in [0.15, 0.2) is 22.4 Å². The zero-order valence-corrected chi connectivity index (χ0v) is 29.7. The molecule has 0 atom stereocenters. The van der Waals surface area contributed by atoms with Crippen molar-refractivity contribution >= 4 is 104 Å². The van der Waals surface area contributed by atoms with Gasteiger partial charge in [-0.05, 0) is 53.6 Å². The van der Waals surface area contributed by atoms with Crippen molar-refractivity contribution < 1.29 is 14.7 Å². The van der Waals surface area contributed by atoms with Crippen molar-refractivity contribution in [3.05, 3.63) is 129 Å². The van der Waals surface area contributed by atoms with Crippen molar-refractivity contribution in [1.82, 2.24) is 25.3 Å². The SMILES string of the molecule is O=C1CSC(=NCc2ccccc2Cl)N1.O=Cc1c[nH]c2ncccc12.Oc1nc(NCc2ccccc2Cl)sc1C=C1C=Nc2ncccc21. The maximum absolute atomic E-state index is 10.9. The first-order valence-electron chi connectivity index (χ1n) is 15.3. The number of aldehydes is 1. The van der Waals surface area contributed by atoms with Crippen LogP contribution in [0.25, 0.3) is 22.7 Å². The lowest BCUT2D eigenvalue weighted by Crippen LogP contribution is -2.20. The molecule has 0 saturated carbocycles. The lowest BCUT2D eigenvalue weighted by Gasteiger charge is -2.04. The summed E-state index contributed by atoms with van der Waals surface area (Å²) in [7, 11) is 0. The van der Waals surface area contributed by atoms with E-state index in [0.717, 1.165) is 39.6 Å². The van der Waals surface area contributed by atoms with Gasteiger partial charge in [-0.3, -0.25) is 14.6 Å². The third kappa shape index (κ3) is 9.27. The second kappa shape index (κ2) is 17.1. The summed E-state index contributed by atoms with van der Waals surface area (Å²) in [5, 5.41) is 19.6. The summed E-state index contributed by atoms with van der Waals surface area (Å²) in [6, 6.07) is 22.7. The molecule has 1 saturated heterocycles. The Bertz CT molecular complexity index is 2290. The van der Waals surface area contributed by atoms with Crippen LogP contribution in [0.3, 0.4) is 0 Å². The molecule has 6 heterocycles. The van der Waals surface area contributed by atoms with Crippen molar-refractivity contribution in [2.24, 2.45) is 9.98 Å². The molecule has 15 heteroatoms. The number of fused-ring (bicyclic) bond motifs is 2. The first-order valence-corrected chi connectivity index (χ1v) is 17.9. The molecule has 2 aliphatic heterocycles. The van der Waals surface area contributed by atoms with Crippen molar-refractivity contribution in [3.8, 4) is 5.88 Å². The number of nitrogens with one attached hydrogen (secondary N) is 3. The molecule has 11 nitrogen and oxygen atoms in total. The van der Waals surface area contributed by atoms with Gasteiger partial charge in [0.25, 0.3) is 0 Å². The minimum Gasteiger partial charge on any atom is -0.492 e. The number of rotatable bonds is 7. The van der Waals surface area contributed by atoms with E-state index in [0.29, 0.717) is 55.4 Å². The Kier molecular flexibility index (Phi) is 11.9. The minimum absolute atomic E-state index is 0.00935. The van der Waals surface area contributed by atoms with E-state index < -0.39 is 0 Å². The fourth-order valence-corrected chi connectivity index (χ4v) is 6.64. The molecule has 1 fully saturated rings. The largest absolute Gasteiger partial charge is 0.492 e. The predicted octanol–water partition coefficient (Wildman–Crippen LogP) is 8.20. The first-order chi connectivity index (χ1) is 24.9. The number of nitrogens with zero attached hydrogens (tertiary/aromatic N) is 5. The first kappa shape index (κ1) is 35.5. The molecule has 51 heavy (non-hydrogen) atoms. The second-order valence-electron chi connectivity index (χ2n) is 10.7. The number of anilines is 1. The van der Waals surface area contributed by atoms with E-state index in [1.807, 2.05) is 78.9 Å². The minimum atomic E-state index is -0.00935. The number of hydrogen-bond donors (Lipinski definition) is 4. The Morgan fingerprint density at radius 1 is 0.961 bits per heavy atom. The predicted molar refractivity (Wildman–Crippen MR) is 207 cm³/mol. The summed E-state index contributed by atoms with van der Waals surface area (Å²) in [6.07, 6.45) is 9.48. The van der Waals surface area contributed by atoms with Crippen LogP contribution in [0, 0.1) is 0 Å². The molecule has 0 unspecified atom stereocenters. The lowest BCUT2D eigenvalue weighted by atomic mass is 10.1. The summed E-state index contributed by atoms with van der Waals surface area (Å²) < 4.78 is 0. The number of benzene rings is 2. The van der Waals surface area contributed by atoms with Gasteiger partial charge in [0, 0.05) is 63.5 Å². The van der Waals surface area contributed by atoms with Crippen LogP contribution in [0.5, 0.6) is 5.88 Å². The molecule has 2 aliphatic rings. The average molecular weight is 756 g/mol. The molecule has 4 N–H and O–H groups in total. The zero-order valence-electron chi connectivity index (χ0n) is 26.6. The molecule has 4 aromatic heterocycles. The van der Waals surface area contributed by atoms with Crippen LogP contribution >= 0.6 is 46.3 Å². The van der Waals surface area contributed by atoms with E-state index in [-0.39, 0.29) is 11.8 Å². The van der Waals surface area contributed by atoms with Gasteiger partial charge in [-0.2, -0.15) is 4.98 Å². The molecule has 0 radical (unpaired) electrons. The summed E-state index contributed by atoms with van der Waals surface area (Å²) in [5.41, 5.74) is 5.21. The van der Waals surface area contributed by atoms with Crippen LogP contribution in [0.1, 0.15) is 31.9 Å². The highest BCUT2D eigenvalue weighted by atomic mass is 35.5. The smallest absolute Gasteiger partial charge is 0.236 e. The summed E-state index contributed by atoms with van der Waals surface area (Å²) >= 11 is 14.9. The second-order valence-corrected chi connectivity index (χ2v) is 13.5. The van der Waals surface area contributed by atoms with Gasteiger partial charge in [-0.15, -0.1) is 0 Å². The summed E-state index contributed by atoms with van der Waals surface area (Å²) in [6.45, 7) is 1.04.